The molecule has 0 saturated heterocycles. The Morgan fingerprint density at radius 1 is 0.824 bits per heavy atom. The molecule has 2 aromatic carbocycles. The Hall–Kier alpha value is -0.690. The summed E-state index contributed by atoms with van der Waals surface area (Å²) >= 11 is 18.1. The predicted molar refractivity (Wildman–Crippen MR) is 76.3 cm³/mol. The molecule has 0 amide bonds. The molecule has 0 bridgehead atoms. The molecule has 0 saturated carbocycles. The minimum absolute atomic E-state index is 0.477. The van der Waals surface area contributed by atoms with Crippen LogP contribution in [0, 0.1) is 0 Å². The van der Waals surface area contributed by atoms with Crippen molar-refractivity contribution in [2.75, 3.05) is 0 Å². The van der Waals surface area contributed by atoms with Crippen molar-refractivity contribution >= 4 is 34.8 Å². The zero-order valence-corrected chi connectivity index (χ0v) is 11.6. The van der Waals surface area contributed by atoms with Crippen LogP contribution in [0.25, 0.3) is 11.1 Å². The lowest BCUT2D eigenvalue weighted by Crippen LogP contribution is -1.83. The first-order valence-corrected chi connectivity index (χ1v) is 6.49. The number of hydrogen-bond acceptors (Lipinski definition) is 0. The molecule has 0 aliphatic carbocycles. The summed E-state index contributed by atoms with van der Waals surface area (Å²) in [5, 5.41) is 1.61. The summed E-state index contributed by atoms with van der Waals surface area (Å²) in [5.74, 6) is 0. The van der Waals surface area contributed by atoms with E-state index in [1.165, 1.54) is 5.56 Å². The number of aryl methyl sites for hydroxylation is 1. The molecule has 0 unspecified atom stereocenters. The Labute approximate surface area is 116 Å². The van der Waals surface area contributed by atoms with Gasteiger partial charge in [0.2, 0.25) is 0 Å². The Kier molecular flexibility index (Phi) is 3.98. The van der Waals surface area contributed by atoms with Crippen molar-refractivity contribution in [1.29, 1.82) is 0 Å². The van der Waals surface area contributed by atoms with Crippen LogP contribution in [0.2, 0.25) is 15.1 Å². The Morgan fingerprint density at radius 3 is 2.00 bits per heavy atom. The van der Waals surface area contributed by atoms with E-state index in [2.05, 4.69) is 19.1 Å². The van der Waals surface area contributed by atoms with Gasteiger partial charge in [0.15, 0.2) is 0 Å². The van der Waals surface area contributed by atoms with E-state index in [9.17, 15) is 0 Å². The molecule has 0 atom stereocenters. The molecule has 0 fully saturated rings. The van der Waals surface area contributed by atoms with Gasteiger partial charge in [-0.2, -0.15) is 0 Å². The van der Waals surface area contributed by atoms with Crippen LogP contribution in [0.3, 0.4) is 0 Å². The first kappa shape index (κ1) is 12.8. The maximum absolute atomic E-state index is 6.17. The summed E-state index contributed by atoms with van der Waals surface area (Å²) < 4.78 is 0. The third kappa shape index (κ3) is 2.77. The molecule has 17 heavy (non-hydrogen) atoms. The van der Waals surface area contributed by atoms with Gasteiger partial charge >= 0.3 is 0 Å². The van der Waals surface area contributed by atoms with Gasteiger partial charge in [-0.1, -0.05) is 66.0 Å². The second-order valence-corrected chi connectivity index (χ2v) is 5.02. The maximum Gasteiger partial charge on any atom is 0.0607 e. The summed E-state index contributed by atoms with van der Waals surface area (Å²) in [7, 11) is 0. The lowest BCUT2D eigenvalue weighted by molar-refractivity contribution is 1.14. The van der Waals surface area contributed by atoms with Gasteiger partial charge in [0.25, 0.3) is 0 Å². The van der Waals surface area contributed by atoms with Gasteiger partial charge in [-0.05, 0) is 29.7 Å². The van der Waals surface area contributed by atoms with Crippen molar-refractivity contribution in [1.82, 2.24) is 0 Å². The number of benzene rings is 2. The highest BCUT2D eigenvalue weighted by Crippen LogP contribution is 2.35. The molecule has 0 N–H and O–H groups in total. The highest BCUT2D eigenvalue weighted by molar-refractivity contribution is 6.44. The van der Waals surface area contributed by atoms with Gasteiger partial charge in [-0.3, -0.25) is 0 Å². The third-order valence-electron chi connectivity index (χ3n) is 2.68. The van der Waals surface area contributed by atoms with E-state index in [1.54, 1.807) is 12.1 Å². The summed E-state index contributed by atoms with van der Waals surface area (Å²) in [6.07, 6.45) is 1.02. The summed E-state index contributed by atoms with van der Waals surface area (Å²) in [6, 6.07) is 11.7. The molecule has 2 aromatic rings. The highest BCUT2D eigenvalue weighted by atomic mass is 35.5. The molecule has 0 heterocycles. The van der Waals surface area contributed by atoms with E-state index in [0.29, 0.717) is 15.1 Å². The van der Waals surface area contributed by atoms with E-state index in [0.717, 1.165) is 17.5 Å². The van der Waals surface area contributed by atoms with E-state index in [1.807, 2.05) is 12.1 Å². The second-order valence-electron chi connectivity index (χ2n) is 3.80. The number of rotatable bonds is 2. The average molecular weight is 286 g/mol. The fraction of sp³-hybridized carbons (Fsp3) is 0.143. The van der Waals surface area contributed by atoms with Crippen molar-refractivity contribution in [3.05, 3.63) is 57.0 Å². The lowest BCUT2D eigenvalue weighted by atomic mass is 10.0. The quantitative estimate of drug-likeness (QED) is 0.605. The minimum atomic E-state index is 0.477. The van der Waals surface area contributed by atoms with E-state index in [-0.39, 0.29) is 0 Å². The molecular weight excluding hydrogens is 275 g/mol. The fourth-order valence-corrected chi connectivity index (χ4v) is 2.32. The topological polar surface area (TPSA) is 0 Å². The van der Waals surface area contributed by atoms with Crippen LogP contribution in [0.5, 0.6) is 0 Å². The third-order valence-corrected chi connectivity index (χ3v) is 3.72. The zero-order valence-electron chi connectivity index (χ0n) is 9.31. The maximum atomic E-state index is 6.17. The standard InChI is InChI=1S/C14H11Cl3/c1-2-9-3-5-10(6-4-9)11-7-13(16)14(17)8-12(11)15/h3-8H,2H2,1H3. The number of halogens is 3. The van der Waals surface area contributed by atoms with Crippen LogP contribution >= 0.6 is 34.8 Å². The Morgan fingerprint density at radius 2 is 1.41 bits per heavy atom. The lowest BCUT2D eigenvalue weighted by Gasteiger charge is -2.07. The van der Waals surface area contributed by atoms with Crippen molar-refractivity contribution in [3.8, 4) is 11.1 Å². The van der Waals surface area contributed by atoms with Crippen molar-refractivity contribution < 1.29 is 0 Å². The molecule has 3 heteroatoms. The fourth-order valence-electron chi connectivity index (χ4n) is 1.66. The van der Waals surface area contributed by atoms with E-state index < -0.39 is 0 Å². The summed E-state index contributed by atoms with van der Waals surface area (Å²) in [5.41, 5.74) is 3.25. The van der Waals surface area contributed by atoms with Crippen LogP contribution < -0.4 is 0 Å². The smallest absolute Gasteiger partial charge is 0.0607 e. The summed E-state index contributed by atoms with van der Waals surface area (Å²) in [4.78, 5) is 0. The van der Waals surface area contributed by atoms with Crippen molar-refractivity contribution in [3.63, 3.8) is 0 Å². The van der Waals surface area contributed by atoms with Gasteiger partial charge in [0, 0.05) is 10.6 Å². The van der Waals surface area contributed by atoms with Crippen LogP contribution in [0.1, 0.15) is 12.5 Å². The van der Waals surface area contributed by atoms with Gasteiger partial charge in [0.05, 0.1) is 10.0 Å². The second kappa shape index (κ2) is 5.30. The molecule has 88 valence electrons. The van der Waals surface area contributed by atoms with Crippen LogP contribution in [-0.4, -0.2) is 0 Å². The van der Waals surface area contributed by atoms with Crippen LogP contribution in [0.15, 0.2) is 36.4 Å². The predicted octanol–water partition coefficient (Wildman–Crippen LogP) is 5.88. The summed E-state index contributed by atoms with van der Waals surface area (Å²) in [6.45, 7) is 2.13. The van der Waals surface area contributed by atoms with Crippen molar-refractivity contribution in [2.45, 2.75) is 13.3 Å². The molecule has 0 aromatic heterocycles. The first-order chi connectivity index (χ1) is 8.11. The van der Waals surface area contributed by atoms with Gasteiger partial charge in [-0.25, -0.2) is 0 Å². The normalized spacial score (nSPS) is 10.6. The monoisotopic (exact) mass is 284 g/mol. The molecule has 0 nitrogen and oxygen atoms in total. The SMILES string of the molecule is CCc1ccc(-c2cc(Cl)c(Cl)cc2Cl)cc1. The van der Waals surface area contributed by atoms with E-state index in [4.69, 9.17) is 34.8 Å². The van der Waals surface area contributed by atoms with Crippen LogP contribution in [-0.2, 0) is 6.42 Å². The molecule has 0 aliphatic rings. The molecule has 0 radical (unpaired) electrons. The minimum Gasteiger partial charge on any atom is -0.0836 e. The van der Waals surface area contributed by atoms with Crippen molar-refractivity contribution in [2.24, 2.45) is 0 Å². The Balaban J connectivity index is 2.48. The average Bonchev–Trinajstić information content (AvgIpc) is 2.34. The number of hydrogen-bond donors (Lipinski definition) is 0. The van der Waals surface area contributed by atoms with E-state index >= 15 is 0 Å². The molecule has 2 rings (SSSR count). The first-order valence-electron chi connectivity index (χ1n) is 5.35. The van der Waals surface area contributed by atoms with Gasteiger partial charge in [0.1, 0.15) is 0 Å². The Bertz CT molecular complexity index is 530. The molecular formula is C14H11Cl3. The molecule has 0 spiro atoms. The van der Waals surface area contributed by atoms with Gasteiger partial charge in [-0.15, -0.1) is 0 Å². The zero-order chi connectivity index (χ0) is 12.4. The van der Waals surface area contributed by atoms with Crippen LogP contribution in [0.4, 0.5) is 0 Å². The molecule has 0 aliphatic heterocycles. The highest BCUT2D eigenvalue weighted by Gasteiger charge is 2.07. The van der Waals surface area contributed by atoms with Gasteiger partial charge < -0.3 is 0 Å². The largest absolute Gasteiger partial charge is 0.0836 e.